The molecule has 0 bridgehead atoms. The van der Waals surface area contributed by atoms with E-state index >= 15 is 0 Å². The lowest BCUT2D eigenvalue weighted by Crippen LogP contribution is -2.26. The van der Waals surface area contributed by atoms with E-state index < -0.39 is 0 Å². The van der Waals surface area contributed by atoms with Crippen molar-refractivity contribution < 1.29 is 9.90 Å². The minimum atomic E-state index is -0.231. The van der Waals surface area contributed by atoms with Gasteiger partial charge in [-0.25, -0.2) is 0 Å². The number of hydrogen-bond acceptors (Lipinski definition) is 3. The number of aryl methyl sites for hydroxylation is 2. The lowest BCUT2D eigenvalue weighted by molar-refractivity contribution is -0.123. The zero-order valence-electron chi connectivity index (χ0n) is 12.3. The Kier molecular flexibility index (Phi) is 5.97. The van der Waals surface area contributed by atoms with Crippen LogP contribution in [0.25, 0.3) is 0 Å². The van der Waals surface area contributed by atoms with Gasteiger partial charge in [0, 0.05) is 25.4 Å². The topological polar surface area (TPSA) is 61.7 Å². The number of nitrogens with one attached hydrogen (secondary N) is 1. The van der Waals surface area contributed by atoms with Crippen LogP contribution in [0.2, 0.25) is 0 Å². The van der Waals surface area contributed by atoms with Crippen molar-refractivity contribution in [1.29, 1.82) is 0 Å². The van der Waals surface area contributed by atoms with Gasteiger partial charge in [0.2, 0.25) is 5.91 Å². The maximum atomic E-state index is 11.5. The van der Waals surface area contributed by atoms with Gasteiger partial charge in [-0.15, -0.1) is 6.58 Å². The van der Waals surface area contributed by atoms with Crippen molar-refractivity contribution in [1.82, 2.24) is 5.32 Å². The molecule has 1 aromatic rings. The summed E-state index contributed by atoms with van der Waals surface area (Å²) in [5.41, 5.74) is 2.62. The van der Waals surface area contributed by atoms with Gasteiger partial charge in [0.05, 0.1) is 5.92 Å². The van der Waals surface area contributed by atoms with E-state index in [4.69, 9.17) is 0 Å². The van der Waals surface area contributed by atoms with Crippen molar-refractivity contribution in [3.8, 4) is 5.75 Å². The highest BCUT2D eigenvalue weighted by Gasteiger charge is 2.11. The van der Waals surface area contributed by atoms with Gasteiger partial charge in [0.25, 0.3) is 0 Å². The first-order chi connectivity index (χ1) is 9.49. The van der Waals surface area contributed by atoms with Crippen LogP contribution >= 0.6 is 0 Å². The molecular formula is C16H22N2O2. The predicted molar refractivity (Wildman–Crippen MR) is 82.4 cm³/mol. The molecule has 0 saturated carbocycles. The Bertz CT molecular complexity index is 521. The largest absolute Gasteiger partial charge is 0.507 e. The zero-order chi connectivity index (χ0) is 15.1. The molecule has 20 heavy (non-hydrogen) atoms. The third-order valence-corrected chi connectivity index (χ3v) is 3.14. The molecule has 0 aliphatic heterocycles. The number of phenols is 1. The molecule has 0 spiro atoms. The van der Waals surface area contributed by atoms with Crippen molar-refractivity contribution in [2.75, 3.05) is 13.6 Å². The number of rotatable bonds is 6. The Morgan fingerprint density at radius 3 is 2.80 bits per heavy atom. The molecule has 0 saturated heterocycles. The molecule has 2 N–H and O–H groups in total. The minimum Gasteiger partial charge on any atom is -0.507 e. The van der Waals surface area contributed by atoms with E-state index in [0.717, 1.165) is 11.1 Å². The molecule has 108 valence electrons. The number of nitrogens with zero attached hydrogens (tertiary/aromatic N) is 1. The maximum Gasteiger partial charge on any atom is 0.226 e. The van der Waals surface area contributed by atoms with Crippen LogP contribution in [-0.2, 0) is 4.79 Å². The van der Waals surface area contributed by atoms with Crippen molar-refractivity contribution in [2.45, 2.75) is 20.3 Å². The van der Waals surface area contributed by atoms with E-state index in [9.17, 15) is 9.90 Å². The smallest absolute Gasteiger partial charge is 0.226 e. The number of aliphatic imine (C=N–C) groups is 1. The summed E-state index contributed by atoms with van der Waals surface area (Å²) in [6.07, 6.45) is 3.88. The highest BCUT2D eigenvalue weighted by atomic mass is 16.3. The monoisotopic (exact) mass is 274 g/mol. The number of amides is 1. The molecule has 0 aromatic heterocycles. The van der Waals surface area contributed by atoms with Crippen molar-refractivity contribution in [3.63, 3.8) is 0 Å². The van der Waals surface area contributed by atoms with Gasteiger partial charge in [-0.2, -0.15) is 0 Å². The SMILES string of the molecule is C=CC(CCN=Cc1cc(C)cc(C)c1O)C(=O)NC. The molecular weight excluding hydrogens is 252 g/mol. The zero-order valence-corrected chi connectivity index (χ0v) is 12.3. The first kappa shape index (κ1) is 16.0. The van der Waals surface area contributed by atoms with Gasteiger partial charge in [0.15, 0.2) is 0 Å². The third-order valence-electron chi connectivity index (χ3n) is 3.14. The fourth-order valence-electron chi connectivity index (χ4n) is 2.01. The Balaban J connectivity index is 2.66. The highest BCUT2D eigenvalue weighted by Crippen LogP contribution is 2.22. The van der Waals surface area contributed by atoms with Gasteiger partial charge in [-0.1, -0.05) is 12.1 Å². The van der Waals surface area contributed by atoms with Gasteiger partial charge in [-0.05, 0) is 37.5 Å². The highest BCUT2D eigenvalue weighted by molar-refractivity contribution is 5.84. The normalized spacial score (nSPS) is 12.3. The Hall–Kier alpha value is -2.10. The predicted octanol–water partition coefficient (Wildman–Crippen LogP) is 2.37. The molecule has 0 aliphatic rings. The first-order valence-corrected chi connectivity index (χ1v) is 6.63. The van der Waals surface area contributed by atoms with Crippen molar-refractivity contribution in [2.24, 2.45) is 10.9 Å². The number of aromatic hydroxyl groups is 1. The van der Waals surface area contributed by atoms with Crippen molar-refractivity contribution in [3.05, 3.63) is 41.5 Å². The molecule has 4 heteroatoms. The Morgan fingerprint density at radius 2 is 2.20 bits per heavy atom. The van der Waals surface area contributed by atoms with E-state index in [1.807, 2.05) is 26.0 Å². The fraction of sp³-hybridized carbons (Fsp3) is 0.375. The van der Waals surface area contributed by atoms with Crippen molar-refractivity contribution >= 4 is 12.1 Å². The number of phenolic OH excluding ortho intramolecular Hbond substituents is 1. The molecule has 1 rings (SSSR count). The third kappa shape index (κ3) is 4.23. The molecule has 4 nitrogen and oxygen atoms in total. The Morgan fingerprint density at radius 1 is 1.50 bits per heavy atom. The van der Waals surface area contributed by atoms with Crippen LogP contribution in [0.5, 0.6) is 5.75 Å². The second-order valence-corrected chi connectivity index (χ2v) is 4.80. The molecule has 0 fully saturated rings. The van der Waals surface area contributed by atoms with E-state index in [0.29, 0.717) is 18.5 Å². The second-order valence-electron chi connectivity index (χ2n) is 4.80. The summed E-state index contributed by atoms with van der Waals surface area (Å²) in [6, 6.07) is 3.81. The van der Waals surface area contributed by atoms with E-state index in [1.165, 1.54) is 0 Å². The second kappa shape index (κ2) is 7.48. The summed E-state index contributed by atoms with van der Waals surface area (Å²) in [5.74, 6) is -0.0274. The van der Waals surface area contributed by atoms with Gasteiger partial charge in [0.1, 0.15) is 5.75 Å². The minimum absolute atomic E-state index is 0.0514. The summed E-state index contributed by atoms with van der Waals surface area (Å²) in [5, 5.41) is 12.5. The standard InChI is InChI=1S/C16H22N2O2/c1-5-13(16(20)17-4)6-7-18-10-14-9-11(2)8-12(3)15(14)19/h5,8-10,13,19H,1,6-7H2,2-4H3,(H,17,20). The average Bonchev–Trinajstić information content (AvgIpc) is 2.43. The van der Waals surface area contributed by atoms with Crippen LogP contribution in [0.3, 0.4) is 0 Å². The van der Waals surface area contributed by atoms with Crippen LogP contribution in [0.15, 0.2) is 29.8 Å². The number of hydrogen-bond donors (Lipinski definition) is 2. The summed E-state index contributed by atoms with van der Waals surface area (Å²) < 4.78 is 0. The fourth-order valence-corrected chi connectivity index (χ4v) is 2.01. The number of benzene rings is 1. The van der Waals surface area contributed by atoms with Gasteiger partial charge >= 0.3 is 0 Å². The lowest BCUT2D eigenvalue weighted by atomic mass is 10.0. The molecule has 1 amide bonds. The van der Waals surface area contributed by atoms with Crippen LogP contribution < -0.4 is 5.32 Å². The quantitative estimate of drug-likeness (QED) is 0.618. The number of carbonyl (C=O) groups is 1. The van der Waals surface area contributed by atoms with Crippen LogP contribution in [0.1, 0.15) is 23.1 Å². The summed E-state index contributed by atoms with van der Waals surface area (Å²) in [7, 11) is 1.61. The van der Waals surface area contributed by atoms with Crippen LogP contribution in [0, 0.1) is 19.8 Å². The number of carbonyl (C=O) groups excluding carboxylic acids is 1. The molecule has 1 aromatic carbocycles. The Labute approximate surface area is 120 Å². The van der Waals surface area contributed by atoms with E-state index in [1.54, 1.807) is 19.3 Å². The summed E-state index contributed by atoms with van der Waals surface area (Å²) >= 11 is 0. The lowest BCUT2D eigenvalue weighted by Gasteiger charge is -2.08. The van der Waals surface area contributed by atoms with Crippen LogP contribution in [-0.4, -0.2) is 30.8 Å². The van der Waals surface area contributed by atoms with Gasteiger partial charge < -0.3 is 10.4 Å². The van der Waals surface area contributed by atoms with E-state index in [2.05, 4.69) is 16.9 Å². The van der Waals surface area contributed by atoms with Gasteiger partial charge in [-0.3, -0.25) is 9.79 Å². The first-order valence-electron chi connectivity index (χ1n) is 6.63. The molecule has 0 radical (unpaired) electrons. The molecule has 1 unspecified atom stereocenters. The van der Waals surface area contributed by atoms with E-state index in [-0.39, 0.29) is 17.6 Å². The van der Waals surface area contributed by atoms with Crippen LogP contribution in [0.4, 0.5) is 0 Å². The maximum absolute atomic E-state index is 11.5. The summed E-state index contributed by atoms with van der Waals surface area (Å²) in [4.78, 5) is 15.8. The summed E-state index contributed by atoms with van der Waals surface area (Å²) in [6.45, 7) is 8.00. The molecule has 0 heterocycles. The molecule has 0 aliphatic carbocycles. The molecule has 1 atom stereocenters. The average molecular weight is 274 g/mol.